The Bertz CT molecular complexity index is 560. The summed E-state index contributed by atoms with van der Waals surface area (Å²) in [5.74, 6) is 0.400. The van der Waals surface area contributed by atoms with Gasteiger partial charge in [-0.15, -0.1) is 0 Å². The molecule has 1 heterocycles. The number of benzene rings is 1. The van der Waals surface area contributed by atoms with Crippen LogP contribution in [0.3, 0.4) is 0 Å². The summed E-state index contributed by atoms with van der Waals surface area (Å²) in [6.07, 6.45) is 0. The quantitative estimate of drug-likeness (QED) is 0.762. The van der Waals surface area contributed by atoms with Crippen molar-refractivity contribution in [2.45, 2.75) is 20.4 Å². The number of hydrogen-bond donors (Lipinski definition) is 1. The monoisotopic (exact) mass is 200 g/mol. The summed E-state index contributed by atoms with van der Waals surface area (Å²) >= 11 is 0. The van der Waals surface area contributed by atoms with Gasteiger partial charge in [-0.05, 0) is 37.1 Å². The molecule has 0 amide bonds. The molecule has 0 saturated carbocycles. The van der Waals surface area contributed by atoms with E-state index in [-0.39, 0.29) is 6.54 Å². The Morgan fingerprint density at radius 2 is 2.07 bits per heavy atom. The van der Waals surface area contributed by atoms with Gasteiger partial charge < -0.3 is 5.73 Å². The van der Waals surface area contributed by atoms with Gasteiger partial charge in [0, 0.05) is 0 Å². The van der Waals surface area contributed by atoms with Gasteiger partial charge in [0.2, 0.25) is 5.95 Å². The van der Waals surface area contributed by atoms with Crippen molar-refractivity contribution in [1.82, 2.24) is 9.55 Å². The summed E-state index contributed by atoms with van der Waals surface area (Å²) in [5, 5.41) is 8.69. The van der Waals surface area contributed by atoms with Gasteiger partial charge in [0.1, 0.15) is 6.54 Å². The lowest BCUT2D eigenvalue weighted by Crippen LogP contribution is -2.01. The lowest BCUT2D eigenvalue weighted by atomic mass is 10.1. The fraction of sp³-hybridized carbons (Fsp3) is 0.273. The maximum Gasteiger partial charge on any atom is 0.202 e. The van der Waals surface area contributed by atoms with Crippen LogP contribution in [0.1, 0.15) is 11.1 Å². The minimum absolute atomic E-state index is 0.241. The standard InChI is InChI=1S/C11H12N4/c1-7-5-9-10(6-8(7)2)15(4-3-12)11(13)14-9/h5-6H,4H2,1-2H3,(H2,13,14). The Morgan fingerprint density at radius 1 is 1.40 bits per heavy atom. The van der Waals surface area contributed by atoms with E-state index in [1.807, 2.05) is 26.0 Å². The molecule has 0 spiro atoms. The van der Waals surface area contributed by atoms with E-state index in [0.29, 0.717) is 5.95 Å². The van der Waals surface area contributed by atoms with Crippen LogP contribution in [0, 0.1) is 25.2 Å². The molecule has 2 aromatic rings. The molecule has 4 nitrogen and oxygen atoms in total. The number of nitrogen functional groups attached to an aromatic ring is 1. The Balaban J connectivity index is 2.77. The molecule has 0 aliphatic heterocycles. The summed E-state index contributed by atoms with van der Waals surface area (Å²) in [6.45, 7) is 4.31. The van der Waals surface area contributed by atoms with Gasteiger partial charge in [-0.1, -0.05) is 0 Å². The average Bonchev–Trinajstić information content (AvgIpc) is 2.46. The van der Waals surface area contributed by atoms with Crippen molar-refractivity contribution in [2.75, 3.05) is 5.73 Å². The van der Waals surface area contributed by atoms with E-state index in [2.05, 4.69) is 11.1 Å². The zero-order chi connectivity index (χ0) is 11.0. The fourth-order valence-corrected chi connectivity index (χ4v) is 1.64. The highest BCUT2D eigenvalue weighted by Gasteiger charge is 2.08. The van der Waals surface area contributed by atoms with Crippen LogP contribution < -0.4 is 5.73 Å². The van der Waals surface area contributed by atoms with Crippen molar-refractivity contribution in [3.63, 3.8) is 0 Å². The number of aromatic nitrogens is 2. The number of rotatable bonds is 1. The predicted molar refractivity (Wildman–Crippen MR) is 59.2 cm³/mol. The molecule has 4 heteroatoms. The van der Waals surface area contributed by atoms with Gasteiger partial charge in [0.05, 0.1) is 17.1 Å². The maximum absolute atomic E-state index is 8.69. The highest BCUT2D eigenvalue weighted by molar-refractivity contribution is 5.80. The molecule has 0 radical (unpaired) electrons. The molecule has 0 atom stereocenters. The summed E-state index contributed by atoms with van der Waals surface area (Å²) in [5.41, 5.74) is 9.89. The molecule has 1 aromatic heterocycles. The van der Waals surface area contributed by atoms with E-state index >= 15 is 0 Å². The topological polar surface area (TPSA) is 67.6 Å². The van der Waals surface area contributed by atoms with E-state index in [4.69, 9.17) is 11.0 Å². The highest BCUT2D eigenvalue weighted by Crippen LogP contribution is 2.21. The van der Waals surface area contributed by atoms with Crippen molar-refractivity contribution in [1.29, 1.82) is 5.26 Å². The van der Waals surface area contributed by atoms with Crippen LogP contribution in [0.2, 0.25) is 0 Å². The average molecular weight is 200 g/mol. The first kappa shape index (κ1) is 9.53. The SMILES string of the molecule is Cc1cc2nc(N)n(CC#N)c2cc1C. The molecule has 2 rings (SSSR count). The molecule has 0 aliphatic rings. The van der Waals surface area contributed by atoms with E-state index < -0.39 is 0 Å². The third-order valence-corrected chi connectivity index (χ3v) is 2.62. The molecular weight excluding hydrogens is 188 g/mol. The summed E-state index contributed by atoms with van der Waals surface area (Å²) in [4.78, 5) is 4.22. The van der Waals surface area contributed by atoms with Gasteiger partial charge in [-0.2, -0.15) is 5.26 Å². The second-order valence-corrected chi connectivity index (χ2v) is 3.64. The number of anilines is 1. The van der Waals surface area contributed by atoms with Crippen molar-refractivity contribution < 1.29 is 0 Å². The number of nitriles is 1. The molecule has 0 aliphatic carbocycles. The first-order chi connectivity index (χ1) is 7.13. The molecule has 2 N–H and O–H groups in total. The minimum atomic E-state index is 0.241. The molecule has 0 fully saturated rings. The summed E-state index contributed by atoms with van der Waals surface area (Å²) < 4.78 is 1.72. The lowest BCUT2D eigenvalue weighted by Gasteiger charge is -2.02. The Labute approximate surface area is 87.9 Å². The minimum Gasteiger partial charge on any atom is -0.369 e. The summed E-state index contributed by atoms with van der Waals surface area (Å²) in [6, 6.07) is 6.09. The van der Waals surface area contributed by atoms with Gasteiger partial charge in [-0.25, -0.2) is 4.98 Å². The van der Waals surface area contributed by atoms with Crippen LogP contribution in [-0.4, -0.2) is 9.55 Å². The number of aryl methyl sites for hydroxylation is 2. The number of nitrogens with two attached hydrogens (primary N) is 1. The molecule has 0 bridgehead atoms. The molecule has 76 valence electrons. The van der Waals surface area contributed by atoms with E-state index in [9.17, 15) is 0 Å². The Morgan fingerprint density at radius 3 is 2.73 bits per heavy atom. The van der Waals surface area contributed by atoms with Crippen molar-refractivity contribution in [2.24, 2.45) is 0 Å². The normalized spacial score (nSPS) is 10.5. The van der Waals surface area contributed by atoms with E-state index in [0.717, 1.165) is 11.0 Å². The predicted octanol–water partition coefficient (Wildman–Crippen LogP) is 1.76. The molecule has 15 heavy (non-hydrogen) atoms. The van der Waals surface area contributed by atoms with Crippen molar-refractivity contribution in [3.8, 4) is 6.07 Å². The Kier molecular flexibility index (Phi) is 2.09. The zero-order valence-corrected chi connectivity index (χ0v) is 8.78. The third-order valence-electron chi connectivity index (χ3n) is 2.62. The molecule has 0 unspecified atom stereocenters. The van der Waals surface area contributed by atoms with Crippen LogP contribution in [0.15, 0.2) is 12.1 Å². The second-order valence-electron chi connectivity index (χ2n) is 3.64. The smallest absolute Gasteiger partial charge is 0.202 e. The summed E-state index contributed by atoms with van der Waals surface area (Å²) in [7, 11) is 0. The molecule has 1 aromatic carbocycles. The van der Waals surface area contributed by atoms with Gasteiger partial charge >= 0.3 is 0 Å². The maximum atomic E-state index is 8.69. The fourth-order valence-electron chi connectivity index (χ4n) is 1.64. The van der Waals surface area contributed by atoms with Crippen LogP contribution in [0.25, 0.3) is 11.0 Å². The van der Waals surface area contributed by atoms with E-state index in [1.165, 1.54) is 11.1 Å². The van der Waals surface area contributed by atoms with Crippen LogP contribution in [0.4, 0.5) is 5.95 Å². The Hall–Kier alpha value is -2.02. The van der Waals surface area contributed by atoms with Gasteiger partial charge in [0.25, 0.3) is 0 Å². The first-order valence-corrected chi connectivity index (χ1v) is 4.73. The van der Waals surface area contributed by atoms with Crippen molar-refractivity contribution >= 4 is 17.0 Å². The number of imidazole rings is 1. The molecular formula is C11H12N4. The van der Waals surface area contributed by atoms with Crippen molar-refractivity contribution in [3.05, 3.63) is 23.3 Å². The third kappa shape index (κ3) is 1.42. The van der Waals surface area contributed by atoms with Crippen LogP contribution in [0.5, 0.6) is 0 Å². The number of fused-ring (bicyclic) bond motifs is 1. The van der Waals surface area contributed by atoms with Gasteiger partial charge in [-0.3, -0.25) is 4.57 Å². The number of hydrogen-bond acceptors (Lipinski definition) is 3. The van der Waals surface area contributed by atoms with Gasteiger partial charge in [0.15, 0.2) is 0 Å². The first-order valence-electron chi connectivity index (χ1n) is 4.73. The second kappa shape index (κ2) is 3.28. The van der Waals surface area contributed by atoms with E-state index in [1.54, 1.807) is 4.57 Å². The number of nitrogens with zero attached hydrogens (tertiary/aromatic N) is 3. The molecule has 0 saturated heterocycles. The largest absolute Gasteiger partial charge is 0.369 e. The highest BCUT2D eigenvalue weighted by atomic mass is 15.1. The lowest BCUT2D eigenvalue weighted by molar-refractivity contribution is 0.874. The van der Waals surface area contributed by atoms with Crippen LogP contribution in [-0.2, 0) is 6.54 Å². The van der Waals surface area contributed by atoms with Crippen LogP contribution >= 0.6 is 0 Å². The zero-order valence-electron chi connectivity index (χ0n) is 8.78.